The second-order valence-corrected chi connectivity index (χ2v) is 5.20. The van der Waals surface area contributed by atoms with Gasteiger partial charge in [-0.15, -0.1) is 0 Å². The molecule has 3 nitrogen and oxygen atoms in total. The fourth-order valence-electron chi connectivity index (χ4n) is 2.34. The molecule has 3 aromatic rings. The van der Waals surface area contributed by atoms with E-state index >= 15 is 0 Å². The first-order chi connectivity index (χ1) is 10.3. The summed E-state index contributed by atoms with van der Waals surface area (Å²) in [6.45, 7) is 3.08. The van der Waals surface area contributed by atoms with Gasteiger partial charge in [-0.1, -0.05) is 29.8 Å². The lowest BCUT2D eigenvalue weighted by Gasteiger charge is -1.99. The highest BCUT2D eigenvalue weighted by Crippen LogP contribution is 2.20. The van der Waals surface area contributed by atoms with Crippen LogP contribution in [0.3, 0.4) is 0 Å². The number of fused-ring (bicyclic) bond motifs is 1. The molecule has 0 aliphatic rings. The van der Waals surface area contributed by atoms with Crippen LogP contribution in [-0.4, -0.2) is 10.8 Å². The van der Waals surface area contributed by atoms with Gasteiger partial charge in [0.15, 0.2) is 0 Å². The maximum Gasteiger partial charge on any atom is 0.0566 e. The molecule has 0 bridgehead atoms. The van der Waals surface area contributed by atoms with Gasteiger partial charge in [0.05, 0.1) is 11.9 Å². The number of aryl methyl sites for hydroxylation is 1. The maximum atomic E-state index is 5.86. The number of nitrogens with one attached hydrogen (secondary N) is 1. The normalized spacial score (nSPS) is 11.3. The SMILES string of the molecule is CCn1cc(/C=N/Nc2ccc(Cl)cc2)c2ccccc21. The molecule has 0 aliphatic carbocycles. The van der Waals surface area contributed by atoms with E-state index < -0.39 is 0 Å². The van der Waals surface area contributed by atoms with E-state index in [-0.39, 0.29) is 0 Å². The number of hydrogen-bond donors (Lipinski definition) is 1. The third-order valence-corrected chi connectivity index (χ3v) is 3.65. The number of nitrogens with zero attached hydrogens (tertiary/aromatic N) is 2. The number of halogens is 1. The highest BCUT2D eigenvalue weighted by molar-refractivity contribution is 6.30. The van der Waals surface area contributed by atoms with Gasteiger partial charge in [0, 0.05) is 34.2 Å². The summed E-state index contributed by atoms with van der Waals surface area (Å²) in [4.78, 5) is 0. The van der Waals surface area contributed by atoms with Gasteiger partial charge in [0.1, 0.15) is 0 Å². The molecular weight excluding hydrogens is 282 g/mol. The highest BCUT2D eigenvalue weighted by atomic mass is 35.5. The van der Waals surface area contributed by atoms with Gasteiger partial charge < -0.3 is 4.57 Å². The first-order valence-corrected chi connectivity index (χ1v) is 7.28. The smallest absolute Gasteiger partial charge is 0.0566 e. The number of hydrogen-bond acceptors (Lipinski definition) is 2. The van der Waals surface area contributed by atoms with Gasteiger partial charge in [0.2, 0.25) is 0 Å². The molecule has 0 radical (unpaired) electrons. The first kappa shape index (κ1) is 13.7. The molecule has 0 spiro atoms. The maximum absolute atomic E-state index is 5.86. The Hall–Kier alpha value is -2.26. The molecule has 4 heteroatoms. The van der Waals surface area contributed by atoms with Crippen molar-refractivity contribution in [2.24, 2.45) is 5.10 Å². The summed E-state index contributed by atoms with van der Waals surface area (Å²) < 4.78 is 2.22. The molecule has 2 aromatic carbocycles. The van der Waals surface area contributed by atoms with E-state index in [0.29, 0.717) is 0 Å². The number of anilines is 1. The van der Waals surface area contributed by atoms with E-state index in [0.717, 1.165) is 22.8 Å². The third-order valence-electron chi connectivity index (χ3n) is 3.40. The summed E-state index contributed by atoms with van der Waals surface area (Å²) in [5.41, 5.74) is 6.26. The Morgan fingerprint density at radius 2 is 1.90 bits per heavy atom. The van der Waals surface area contributed by atoms with E-state index in [1.807, 2.05) is 36.5 Å². The molecule has 0 amide bonds. The number of aromatic nitrogens is 1. The summed E-state index contributed by atoms with van der Waals surface area (Å²) in [5.74, 6) is 0. The molecule has 0 saturated heterocycles. The molecule has 0 unspecified atom stereocenters. The highest BCUT2D eigenvalue weighted by Gasteiger charge is 2.04. The van der Waals surface area contributed by atoms with Crippen molar-refractivity contribution in [3.8, 4) is 0 Å². The van der Waals surface area contributed by atoms with Gasteiger partial charge >= 0.3 is 0 Å². The van der Waals surface area contributed by atoms with Crippen LogP contribution in [0.2, 0.25) is 5.02 Å². The molecular formula is C17H16ClN3. The van der Waals surface area contributed by atoms with Gasteiger partial charge in [-0.05, 0) is 37.3 Å². The van der Waals surface area contributed by atoms with E-state index in [1.54, 1.807) is 0 Å². The van der Waals surface area contributed by atoms with Crippen molar-refractivity contribution in [3.05, 3.63) is 65.3 Å². The Labute approximate surface area is 128 Å². The minimum atomic E-state index is 0.718. The average Bonchev–Trinajstić information content (AvgIpc) is 2.88. The zero-order valence-corrected chi connectivity index (χ0v) is 12.5. The van der Waals surface area contributed by atoms with Crippen LogP contribution in [0, 0.1) is 0 Å². The summed E-state index contributed by atoms with van der Waals surface area (Å²) in [6.07, 6.45) is 3.97. The van der Waals surface area contributed by atoms with Crippen LogP contribution in [0.1, 0.15) is 12.5 Å². The molecule has 21 heavy (non-hydrogen) atoms. The zero-order chi connectivity index (χ0) is 14.7. The van der Waals surface area contributed by atoms with Crippen LogP contribution in [0.15, 0.2) is 59.8 Å². The van der Waals surface area contributed by atoms with E-state index in [4.69, 9.17) is 11.6 Å². The minimum absolute atomic E-state index is 0.718. The first-order valence-electron chi connectivity index (χ1n) is 6.90. The molecule has 0 saturated carbocycles. The van der Waals surface area contributed by atoms with Crippen LogP contribution in [0.25, 0.3) is 10.9 Å². The van der Waals surface area contributed by atoms with Crippen molar-refractivity contribution in [2.45, 2.75) is 13.5 Å². The third kappa shape index (κ3) is 2.93. The molecule has 1 aromatic heterocycles. The van der Waals surface area contributed by atoms with E-state index in [9.17, 15) is 0 Å². The molecule has 1 N–H and O–H groups in total. The standard InChI is InChI=1S/C17H16ClN3/c1-2-21-12-13(16-5-3-4-6-17(16)21)11-19-20-15-9-7-14(18)8-10-15/h3-12,20H,2H2,1H3/b19-11+. The van der Waals surface area contributed by atoms with Crippen molar-refractivity contribution in [3.63, 3.8) is 0 Å². The molecule has 0 fully saturated rings. The summed E-state index contributed by atoms with van der Waals surface area (Å²) in [7, 11) is 0. The van der Waals surface area contributed by atoms with Crippen LogP contribution < -0.4 is 5.43 Å². The summed E-state index contributed by atoms with van der Waals surface area (Å²) in [6, 6.07) is 15.8. The van der Waals surface area contributed by atoms with Crippen LogP contribution in [0.5, 0.6) is 0 Å². The van der Waals surface area contributed by atoms with Crippen molar-refractivity contribution >= 4 is 34.4 Å². The molecule has 3 rings (SSSR count). The average molecular weight is 298 g/mol. The van der Waals surface area contributed by atoms with E-state index in [2.05, 4.69) is 46.4 Å². The lowest BCUT2D eigenvalue weighted by Crippen LogP contribution is -1.91. The Kier molecular flexibility index (Phi) is 3.93. The number of para-hydroxylation sites is 1. The summed E-state index contributed by atoms with van der Waals surface area (Å²) in [5, 5.41) is 6.24. The van der Waals surface area contributed by atoms with Gasteiger partial charge in [-0.3, -0.25) is 5.43 Å². The number of rotatable bonds is 4. The molecule has 0 atom stereocenters. The summed E-state index contributed by atoms with van der Waals surface area (Å²) >= 11 is 5.86. The lowest BCUT2D eigenvalue weighted by atomic mass is 10.2. The second-order valence-electron chi connectivity index (χ2n) is 4.76. The van der Waals surface area contributed by atoms with Crippen LogP contribution >= 0.6 is 11.6 Å². The lowest BCUT2D eigenvalue weighted by molar-refractivity contribution is 0.797. The van der Waals surface area contributed by atoms with Crippen molar-refractivity contribution in [1.82, 2.24) is 4.57 Å². The Balaban J connectivity index is 1.84. The molecule has 0 aliphatic heterocycles. The molecule has 1 heterocycles. The Bertz CT molecular complexity index is 772. The number of benzene rings is 2. The predicted molar refractivity (Wildman–Crippen MR) is 90.3 cm³/mol. The fraction of sp³-hybridized carbons (Fsp3) is 0.118. The number of hydrazone groups is 1. The Morgan fingerprint density at radius 3 is 2.67 bits per heavy atom. The largest absolute Gasteiger partial charge is 0.347 e. The van der Waals surface area contributed by atoms with Crippen LogP contribution in [-0.2, 0) is 6.54 Å². The predicted octanol–water partition coefficient (Wildman–Crippen LogP) is 4.76. The van der Waals surface area contributed by atoms with Crippen molar-refractivity contribution < 1.29 is 0 Å². The van der Waals surface area contributed by atoms with E-state index in [1.165, 1.54) is 10.9 Å². The van der Waals surface area contributed by atoms with Crippen LogP contribution in [0.4, 0.5) is 5.69 Å². The van der Waals surface area contributed by atoms with Gasteiger partial charge in [0.25, 0.3) is 0 Å². The minimum Gasteiger partial charge on any atom is -0.347 e. The van der Waals surface area contributed by atoms with Crippen molar-refractivity contribution in [2.75, 3.05) is 5.43 Å². The van der Waals surface area contributed by atoms with Gasteiger partial charge in [-0.2, -0.15) is 5.10 Å². The zero-order valence-electron chi connectivity index (χ0n) is 11.8. The molecule has 106 valence electrons. The van der Waals surface area contributed by atoms with Gasteiger partial charge in [-0.25, -0.2) is 0 Å². The monoisotopic (exact) mass is 297 g/mol. The quantitative estimate of drug-likeness (QED) is 0.546. The van der Waals surface area contributed by atoms with Crippen molar-refractivity contribution in [1.29, 1.82) is 0 Å². The Morgan fingerprint density at radius 1 is 1.14 bits per heavy atom. The topological polar surface area (TPSA) is 29.3 Å². The second kappa shape index (κ2) is 6.02. The fourth-order valence-corrected chi connectivity index (χ4v) is 2.47.